The van der Waals surface area contributed by atoms with E-state index < -0.39 is 12.1 Å². The number of carboxylic acids is 1. The van der Waals surface area contributed by atoms with E-state index in [9.17, 15) is 14.7 Å². The molecule has 0 aromatic heterocycles. The van der Waals surface area contributed by atoms with Crippen LogP contribution in [0.5, 0.6) is 5.75 Å². The largest absolute Gasteiger partial charge is 0.492 e. The summed E-state index contributed by atoms with van der Waals surface area (Å²) in [5, 5.41) is 12.3. The first-order chi connectivity index (χ1) is 17.3. The molecule has 7 nitrogen and oxygen atoms in total. The van der Waals surface area contributed by atoms with Crippen LogP contribution in [0.4, 0.5) is 10.5 Å². The lowest BCUT2D eigenvalue weighted by Gasteiger charge is -2.27. The summed E-state index contributed by atoms with van der Waals surface area (Å²) in [4.78, 5) is 26.2. The lowest BCUT2D eigenvalue weighted by molar-refractivity contribution is -0.149. The fourth-order valence-electron chi connectivity index (χ4n) is 3.92. The maximum atomic E-state index is 13.1. The van der Waals surface area contributed by atoms with Crippen molar-refractivity contribution in [3.8, 4) is 5.75 Å². The highest BCUT2D eigenvalue weighted by atomic mass is 16.5. The molecule has 0 fully saturated rings. The van der Waals surface area contributed by atoms with Crippen LogP contribution in [-0.2, 0) is 16.0 Å². The number of carboxylic acid groups (broad SMARTS) is 1. The summed E-state index contributed by atoms with van der Waals surface area (Å²) in [5.41, 5.74) is 2.88. The molecule has 0 saturated carbocycles. The molecular formula is C29H42N2O5. The Labute approximate surface area is 215 Å². The number of aliphatic carboxylic acids is 1. The van der Waals surface area contributed by atoms with Gasteiger partial charge in [-0.25, -0.2) is 9.59 Å². The standard InChI is InChI=1S/C29H42N2O5/c1-6-22(7-2)20-31(29(34)30-25-13-11-24(12-14-25)21(4)5)17-18-36-26-15-9-23(10-16-26)19-27(28(32)33)35-8-3/h9-16,21-22,27H,6-8,17-20H2,1-5H3,(H,30,34)(H,32,33). The summed E-state index contributed by atoms with van der Waals surface area (Å²) in [7, 11) is 0. The Hall–Kier alpha value is -3.06. The number of ether oxygens (including phenoxy) is 2. The van der Waals surface area contributed by atoms with Gasteiger partial charge in [-0.2, -0.15) is 0 Å². The van der Waals surface area contributed by atoms with Crippen molar-refractivity contribution in [3.63, 3.8) is 0 Å². The molecule has 1 atom stereocenters. The Morgan fingerprint density at radius 3 is 2.14 bits per heavy atom. The highest BCUT2D eigenvalue weighted by Crippen LogP contribution is 2.19. The van der Waals surface area contributed by atoms with Crippen LogP contribution in [0.2, 0.25) is 0 Å². The van der Waals surface area contributed by atoms with E-state index in [4.69, 9.17) is 9.47 Å². The van der Waals surface area contributed by atoms with Crippen molar-refractivity contribution in [3.05, 3.63) is 59.7 Å². The predicted octanol–water partition coefficient (Wildman–Crippen LogP) is 6.19. The second kappa shape index (κ2) is 15.1. The molecule has 0 aliphatic carbocycles. The molecule has 0 radical (unpaired) electrons. The maximum absolute atomic E-state index is 13.1. The Balaban J connectivity index is 1.97. The first-order valence-corrected chi connectivity index (χ1v) is 13.0. The van der Waals surface area contributed by atoms with Gasteiger partial charge in [-0.1, -0.05) is 64.8 Å². The summed E-state index contributed by atoms with van der Waals surface area (Å²) in [6.45, 7) is 12.2. The van der Waals surface area contributed by atoms with Crippen LogP contribution in [0, 0.1) is 5.92 Å². The highest BCUT2D eigenvalue weighted by Gasteiger charge is 2.19. The monoisotopic (exact) mass is 498 g/mol. The molecule has 0 heterocycles. The molecule has 2 aromatic rings. The molecule has 0 saturated heterocycles. The lowest BCUT2D eigenvalue weighted by atomic mass is 10.0. The third kappa shape index (κ3) is 9.53. The molecule has 0 aliphatic heterocycles. The van der Waals surface area contributed by atoms with Crippen molar-refractivity contribution in [2.45, 2.75) is 65.9 Å². The number of hydrogen-bond acceptors (Lipinski definition) is 4. The number of nitrogens with one attached hydrogen (secondary N) is 1. The Kier molecular flexibility index (Phi) is 12.3. The zero-order valence-corrected chi connectivity index (χ0v) is 22.3. The van der Waals surface area contributed by atoms with Crippen LogP contribution in [0.1, 0.15) is 64.5 Å². The van der Waals surface area contributed by atoms with Crippen LogP contribution < -0.4 is 10.1 Å². The number of carbonyl (C=O) groups excluding carboxylic acids is 1. The van der Waals surface area contributed by atoms with E-state index in [1.165, 1.54) is 5.56 Å². The number of urea groups is 1. The topological polar surface area (TPSA) is 88.1 Å². The van der Waals surface area contributed by atoms with Gasteiger partial charge in [-0.15, -0.1) is 0 Å². The van der Waals surface area contributed by atoms with Crippen molar-refractivity contribution >= 4 is 17.7 Å². The lowest BCUT2D eigenvalue weighted by Crippen LogP contribution is -2.40. The molecular weight excluding hydrogens is 456 g/mol. The number of anilines is 1. The number of nitrogens with zero attached hydrogens (tertiary/aromatic N) is 1. The van der Waals surface area contributed by atoms with E-state index in [1.54, 1.807) is 6.92 Å². The molecule has 0 bridgehead atoms. The van der Waals surface area contributed by atoms with Gasteiger partial charge in [0.25, 0.3) is 0 Å². The van der Waals surface area contributed by atoms with Gasteiger partial charge in [0.1, 0.15) is 12.4 Å². The van der Waals surface area contributed by atoms with Crippen molar-refractivity contribution in [2.75, 3.05) is 31.6 Å². The third-order valence-corrected chi connectivity index (χ3v) is 6.37. The Bertz CT molecular complexity index is 924. The van der Waals surface area contributed by atoms with Gasteiger partial charge >= 0.3 is 12.0 Å². The predicted molar refractivity (Wildman–Crippen MR) is 144 cm³/mol. The molecule has 2 aromatic carbocycles. The zero-order chi connectivity index (χ0) is 26.5. The first-order valence-electron chi connectivity index (χ1n) is 13.0. The third-order valence-electron chi connectivity index (χ3n) is 6.37. The summed E-state index contributed by atoms with van der Waals surface area (Å²) in [6.07, 6.45) is 1.45. The van der Waals surface area contributed by atoms with E-state index >= 15 is 0 Å². The van der Waals surface area contributed by atoms with Gasteiger partial charge in [0.15, 0.2) is 6.10 Å². The summed E-state index contributed by atoms with van der Waals surface area (Å²) >= 11 is 0. The quantitative estimate of drug-likeness (QED) is 0.306. The molecule has 1 unspecified atom stereocenters. The highest BCUT2D eigenvalue weighted by molar-refractivity contribution is 5.89. The molecule has 2 N–H and O–H groups in total. The summed E-state index contributed by atoms with van der Waals surface area (Å²) in [6, 6.07) is 15.2. The van der Waals surface area contributed by atoms with Crippen molar-refractivity contribution in [1.82, 2.24) is 4.90 Å². The molecule has 2 amide bonds. The average Bonchev–Trinajstić information content (AvgIpc) is 2.87. The maximum Gasteiger partial charge on any atom is 0.333 e. The zero-order valence-electron chi connectivity index (χ0n) is 22.3. The second-order valence-electron chi connectivity index (χ2n) is 9.31. The van der Waals surface area contributed by atoms with E-state index in [0.29, 0.717) is 50.3 Å². The van der Waals surface area contributed by atoms with Crippen LogP contribution >= 0.6 is 0 Å². The number of rotatable bonds is 15. The van der Waals surface area contributed by atoms with E-state index in [1.807, 2.05) is 53.4 Å². The van der Waals surface area contributed by atoms with Crippen molar-refractivity contribution in [1.29, 1.82) is 0 Å². The normalized spacial score (nSPS) is 12.0. The van der Waals surface area contributed by atoms with Crippen molar-refractivity contribution < 1.29 is 24.2 Å². The fourth-order valence-corrected chi connectivity index (χ4v) is 3.92. The molecule has 2 rings (SSSR count). The SMILES string of the molecule is CCOC(Cc1ccc(OCCN(CC(CC)CC)C(=O)Nc2ccc(C(C)C)cc2)cc1)C(=O)O. The van der Waals surface area contributed by atoms with Gasteiger partial charge in [0, 0.05) is 25.3 Å². The number of hydrogen-bond donors (Lipinski definition) is 2. The van der Waals surface area contributed by atoms with Crippen LogP contribution in [0.3, 0.4) is 0 Å². The summed E-state index contributed by atoms with van der Waals surface area (Å²) < 4.78 is 11.2. The van der Waals surface area contributed by atoms with Gasteiger partial charge in [0.2, 0.25) is 0 Å². The van der Waals surface area contributed by atoms with Gasteiger partial charge in [-0.3, -0.25) is 0 Å². The van der Waals surface area contributed by atoms with Crippen LogP contribution in [0.25, 0.3) is 0 Å². The van der Waals surface area contributed by atoms with Gasteiger partial charge in [-0.05, 0) is 54.2 Å². The average molecular weight is 499 g/mol. The number of amides is 2. The molecule has 198 valence electrons. The number of carbonyl (C=O) groups is 2. The summed E-state index contributed by atoms with van der Waals surface area (Å²) in [5.74, 6) is 0.569. The van der Waals surface area contributed by atoms with E-state index in [-0.39, 0.29) is 6.03 Å². The van der Waals surface area contributed by atoms with E-state index in [2.05, 4.69) is 33.0 Å². The minimum atomic E-state index is -0.969. The molecule has 36 heavy (non-hydrogen) atoms. The van der Waals surface area contributed by atoms with Crippen LogP contribution in [0.15, 0.2) is 48.5 Å². The Morgan fingerprint density at radius 2 is 1.61 bits per heavy atom. The molecule has 0 spiro atoms. The van der Waals surface area contributed by atoms with Crippen molar-refractivity contribution in [2.24, 2.45) is 5.92 Å². The van der Waals surface area contributed by atoms with Gasteiger partial charge in [0.05, 0.1) is 6.54 Å². The Morgan fingerprint density at radius 1 is 0.972 bits per heavy atom. The minimum absolute atomic E-state index is 0.131. The van der Waals surface area contributed by atoms with E-state index in [0.717, 1.165) is 24.1 Å². The second-order valence-corrected chi connectivity index (χ2v) is 9.31. The first kappa shape index (κ1) is 29.2. The van der Waals surface area contributed by atoms with Crippen LogP contribution in [-0.4, -0.2) is 54.4 Å². The minimum Gasteiger partial charge on any atom is -0.492 e. The number of benzene rings is 2. The fraction of sp³-hybridized carbons (Fsp3) is 0.517. The smallest absolute Gasteiger partial charge is 0.333 e. The van der Waals surface area contributed by atoms with Gasteiger partial charge < -0.3 is 24.8 Å². The molecule has 7 heteroatoms. The molecule has 0 aliphatic rings.